The summed E-state index contributed by atoms with van der Waals surface area (Å²) in [6, 6.07) is 7.39. The highest BCUT2D eigenvalue weighted by molar-refractivity contribution is 5.91. The predicted octanol–water partition coefficient (Wildman–Crippen LogP) is 4.04. The Labute approximate surface area is 116 Å². The Bertz CT molecular complexity index is 388. The summed E-state index contributed by atoms with van der Waals surface area (Å²) in [4.78, 5) is 11.8. The summed E-state index contributed by atoms with van der Waals surface area (Å²) in [5.41, 5.74) is 1.48. The van der Waals surface area contributed by atoms with Gasteiger partial charge in [0.2, 0.25) is 5.91 Å². The minimum Gasteiger partial charge on any atom is -0.389 e. The third-order valence-corrected chi connectivity index (χ3v) is 3.19. The van der Waals surface area contributed by atoms with Gasteiger partial charge in [0.15, 0.2) is 0 Å². The van der Waals surface area contributed by atoms with Crippen LogP contribution in [0.3, 0.4) is 0 Å². The smallest absolute Gasteiger partial charge is 0.224 e. The molecule has 0 aliphatic carbocycles. The van der Waals surface area contributed by atoms with Crippen molar-refractivity contribution in [3.63, 3.8) is 0 Å². The van der Waals surface area contributed by atoms with Gasteiger partial charge in [0.25, 0.3) is 0 Å². The molecule has 1 rings (SSSR count). The maximum atomic E-state index is 11.8. The molecular weight excluding hydrogens is 238 g/mol. The first-order valence-corrected chi connectivity index (χ1v) is 7.22. The van der Waals surface area contributed by atoms with E-state index in [1.165, 1.54) is 19.3 Å². The van der Waals surface area contributed by atoms with Crippen LogP contribution in [0.1, 0.15) is 64.0 Å². The normalized spacial score (nSPS) is 12.2. The summed E-state index contributed by atoms with van der Waals surface area (Å²) in [5, 5.41) is 12.5. The van der Waals surface area contributed by atoms with Gasteiger partial charge >= 0.3 is 0 Å². The monoisotopic (exact) mass is 263 g/mol. The molecule has 3 heteroatoms. The number of hydrogen-bond acceptors (Lipinski definition) is 2. The van der Waals surface area contributed by atoms with Crippen LogP contribution in [0.15, 0.2) is 24.3 Å². The number of para-hydroxylation sites is 1. The quantitative estimate of drug-likeness (QED) is 0.695. The zero-order valence-electron chi connectivity index (χ0n) is 12.0. The molecule has 1 unspecified atom stereocenters. The van der Waals surface area contributed by atoms with Crippen molar-refractivity contribution in [2.45, 2.75) is 58.5 Å². The minimum atomic E-state index is -0.568. The number of aliphatic hydroxyl groups is 1. The van der Waals surface area contributed by atoms with Gasteiger partial charge in [0.1, 0.15) is 0 Å². The molecule has 0 aromatic heterocycles. The van der Waals surface area contributed by atoms with E-state index < -0.39 is 6.10 Å². The van der Waals surface area contributed by atoms with Crippen molar-refractivity contribution < 1.29 is 9.90 Å². The molecule has 1 aromatic rings. The summed E-state index contributed by atoms with van der Waals surface area (Å²) in [5.74, 6) is 0.0320. The Morgan fingerprint density at radius 1 is 1.21 bits per heavy atom. The molecular formula is C16H25NO2. The number of benzene rings is 1. The number of amides is 1. The molecule has 0 bridgehead atoms. The van der Waals surface area contributed by atoms with Crippen LogP contribution in [-0.2, 0) is 4.79 Å². The number of unbranched alkanes of at least 4 members (excludes halogenated alkanes) is 4. The molecule has 19 heavy (non-hydrogen) atoms. The summed E-state index contributed by atoms with van der Waals surface area (Å²) in [6.07, 6.45) is 5.69. The van der Waals surface area contributed by atoms with Crippen molar-refractivity contribution in [2.75, 3.05) is 5.32 Å². The Kier molecular flexibility index (Phi) is 7.19. The summed E-state index contributed by atoms with van der Waals surface area (Å²) in [7, 11) is 0. The fraction of sp³-hybridized carbons (Fsp3) is 0.562. The van der Waals surface area contributed by atoms with E-state index in [0.717, 1.165) is 24.1 Å². The summed E-state index contributed by atoms with van der Waals surface area (Å²) < 4.78 is 0. The molecule has 3 nitrogen and oxygen atoms in total. The first-order chi connectivity index (χ1) is 9.15. The van der Waals surface area contributed by atoms with E-state index in [-0.39, 0.29) is 5.91 Å². The van der Waals surface area contributed by atoms with Crippen LogP contribution in [-0.4, -0.2) is 11.0 Å². The molecule has 1 atom stereocenters. The lowest BCUT2D eigenvalue weighted by Gasteiger charge is -2.12. The third-order valence-electron chi connectivity index (χ3n) is 3.19. The van der Waals surface area contributed by atoms with Gasteiger partial charge in [0.05, 0.1) is 6.10 Å². The Morgan fingerprint density at radius 3 is 2.58 bits per heavy atom. The second kappa shape index (κ2) is 8.70. The van der Waals surface area contributed by atoms with Crippen molar-refractivity contribution in [1.29, 1.82) is 0 Å². The molecule has 1 aromatic carbocycles. The number of anilines is 1. The van der Waals surface area contributed by atoms with Gasteiger partial charge in [-0.15, -0.1) is 0 Å². The van der Waals surface area contributed by atoms with Crippen LogP contribution < -0.4 is 5.32 Å². The fourth-order valence-electron chi connectivity index (χ4n) is 2.08. The van der Waals surface area contributed by atoms with Crippen molar-refractivity contribution in [3.8, 4) is 0 Å². The number of nitrogens with one attached hydrogen (secondary N) is 1. The highest BCUT2D eigenvalue weighted by atomic mass is 16.3. The zero-order valence-corrected chi connectivity index (χ0v) is 12.0. The standard InChI is InChI=1S/C16H25NO2/c1-3-4-5-6-7-12-16(19)17-15-11-9-8-10-14(15)13(2)18/h8-11,13,18H,3-7,12H2,1-2H3,(H,17,19). The van der Waals surface area contributed by atoms with Crippen molar-refractivity contribution in [2.24, 2.45) is 0 Å². The van der Waals surface area contributed by atoms with Gasteiger partial charge in [-0.05, 0) is 19.4 Å². The molecule has 0 spiro atoms. The van der Waals surface area contributed by atoms with Crippen LogP contribution in [0.25, 0.3) is 0 Å². The zero-order chi connectivity index (χ0) is 14.1. The average molecular weight is 263 g/mol. The number of carbonyl (C=O) groups is 1. The topological polar surface area (TPSA) is 49.3 Å². The van der Waals surface area contributed by atoms with E-state index in [2.05, 4.69) is 12.2 Å². The highest BCUT2D eigenvalue weighted by Gasteiger charge is 2.09. The second-order valence-electron chi connectivity index (χ2n) is 4.98. The van der Waals surface area contributed by atoms with Crippen molar-refractivity contribution in [1.82, 2.24) is 0 Å². The molecule has 106 valence electrons. The first kappa shape index (κ1) is 15.7. The number of aliphatic hydroxyl groups excluding tert-OH is 1. The van der Waals surface area contributed by atoms with Gasteiger partial charge in [-0.1, -0.05) is 50.8 Å². The Morgan fingerprint density at radius 2 is 1.89 bits per heavy atom. The van der Waals surface area contributed by atoms with E-state index in [0.29, 0.717) is 6.42 Å². The Hall–Kier alpha value is -1.35. The van der Waals surface area contributed by atoms with Crippen molar-refractivity contribution >= 4 is 11.6 Å². The lowest BCUT2D eigenvalue weighted by Crippen LogP contribution is -2.13. The van der Waals surface area contributed by atoms with Crippen LogP contribution in [0.5, 0.6) is 0 Å². The average Bonchev–Trinajstić information content (AvgIpc) is 2.39. The maximum absolute atomic E-state index is 11.8. The van der Waals surface area contributed by atoms with Crippen LogP contribution in [0.4, 0.5) is 5.69 Å². The van der Waals surface area contributed by atoms with Crippen molar-refractivity contribution in [3.05, 3.63) is 29.8 Å². The molecule has 0 fully saturated rings. The second-order valence-corrected chi connectivity index (χ2v) is 4.98. The van der Waals surface area contributed by atoms with Crippen LogP contribution >= 0.6 is 0 Å². The molecule has 0 radical (unpaired) electrons. The molecule has 2 N–H and O–H groups in total. The number of carbonyl (C=O) groups excluding carboxylic acids is 1. The van der Waals surface area contributed by atoms with Gasteiger partial charge in [-0.25, -0.2) is 0 Å². The first-order valence-electron chi connectivity index (χ1n) is 7.22. The largest absolute Gasteiger partial charge is 0.389 e. The molecule has 1 amide bonds. The highest BCUT2D eigenvalue weighted by Crippen LogP contribution is 2.22. The molecule has 0 saturated carbocycles. The summed E-state index contributed by atoms with van der Waals surface area (Å²) in [6.45, 7) is 3.88. The van der Waals surface area contributed by atoms with Crippen LogP contribution in [0.2, 0.25) is 0 Å². The van der Waals surface area contributed by atoms with E-state index in [1.54, 1.807) is 6.92 Å². The van der Waals surface area contributed by atoms with Gasteiger partial charge in [0, 0.05) is 17.7 Å². The summed E-state index contributed by atoms with van der Waals surface area (Å²) >= 11 is 0. The van der Waals surface area contributed by atoms with E-state index in [9.17, 15) is 9.90 Å². The van der Waals surface area contributed by atoms with E-state index in [1.807, 2.05) is 24.3 Å². The Balaban J connectivity index is 2.40. The van der Waals surface area contributed by atoms with Gasteiger partial charge in [-0.2, -0.15) is 0 Å². The lowest BCUT2D eigenvalue weighted by molar-refractivity contribution is -0.116. The van der Waals surface area contributed by atoms with Gasteiger partial charge in [-0.3, -0.25) is 4.79 Å². The van der Waals surface area contributed by atoms with Gasteiger partial charge < -0.3 is 10.4 Å². The number of hydrogen-bond donors (Lipinski definition) is 2. The molecule has 0 saturated heterocycles. The molecule has 0 heterocycles. The van der Waals surface area contributed by atoms with E-state index >= 15 is 0 Å². The SMILES string of the molecule is CCCCCCCC(=O)Nc1ccccc1C(C)O. The molecule has 0 aliphatic heterocycles. The maximum Gasteiger partial charge on any atom is 0.224 e. The minimum absolute atomic E-state index is 0.0320. The van der Waals surface area contributed by atoms with E-state index in [4.69, 9.17) is 0 Å². The molecule has 0 aliphatic rings. The lowest BCUT2D eigenvalue weighted by atomic mass is 10.1. The van der Waals surface area contributed by atoms with Crippen LogP contribution in [0, 0.1) is 0 Å². The predicted molar refractivity (Wildman–Crippen MR) is 79.1 cm³/mol. The third kappa shape index (κ3) is 5.88. The fourth-order valence-corrected chi connectivity index (χ4v) is 2.08. The number of rotatable bonds is 8.